The van der Waals surface area contributed by atoms with Gasteiger partial charge in [0.2, 0.25) is 0 Å². The molecule has 1 aliphatic rings. The van der Waals surface area contributed by atoms with Crippen LogP contribution in [0.2, 0.25) is 10.0 Å². The van der Waals surface area contributed by atoms with Crippen LogP contribution in [0.4, 0.5) is 4.39 Å². The Bertz CT molecular complexity index is 1070. The zero-order valence-corrected chi connectivity index (χ0v) is 18.3. The second-order valence-corrected chi connectivity index (χ2v) is 7.92. The Labute approximate surface area is 190 Å². The standard InChI is InChI=1S/C24H21Cl2FN2O2/c1-30-19-10-11-20(21(14-19)31-13-12-27)24-28-22(15-2-6-17(25)7-3-15)23(29-24)16-4-8-18(26)9-5-16/h2-11,14,22-23H,12-13H2,1H3,(H,28,29). The molecule has 0 aliphatic carbocycles. The summed E-state index contributed by atoms with van der Waals surface area (Å²) < 4.78 is 23.7. The second kappa shape index (κ2) is 9.58. The third kappa shape index (κ3) is 4.78. The predicted molar refractivity (Wildman–Crippen MR) is 123 cm³/mol. The lowest BCUT2D eigenvalue weighted by atomic mass is 9.95. The molecule has 160 valence electrons. The van der Waals surface area contributed by atoms with Gasteiger partial charge in [0, 0.05) is 16.1 Å². The van der Waals surface area contributed by atoms with Gasteiger partial charge in [0.25, 0.3) is 0 Å². The van der Waals surface area contributed by atoms with Gasteiger partial charge in [-0.1, -0.05) is 47.5 Å². The molecule has 0 bridgehead atoms. The summed E-state index contributed by atoms with van der Waals surface area (Å²) in [4.78, 5) is 4.98. The molecule has 0 amide bonds. The molecule has 2 unspecified atom stereocenters. The molecule has 4 nitrogen and oxygen atoms in total. The molecule has 1 aliphatic heterocycles. The van der Waals surface area contributed by atoms with Gasteiger partial charge in [0.15, 0.2) is 0 Å². The van der Waals surface area contributed by atoms with E-state index >= 15 is 0 Å². The number of nitrogens with one attached hydrogen (secondary N) is 1. The van der Waals surface area contributed by atoms with E-state index in [1.54, 1.807) is 13.2 Å². The average molecular weight is 459 g/mol. The number of alkyl halides is 1. The van der Waals surface area contributed by atoms with Crippen molar-refractivity contribution in [1.82, 2.24) is 5.32 Å². The van der Waals surface area contributed by atoms with E-state index in [4.69, 9.17) is 37.7 Å². The van der Waals surface area contributed by atoms with Crippen molar-refractivity contribution < 1.29 is 13.9 Å². The lowest BCUT2D eigenvalue weighted by molar-refractivity contribution is 0.271. The van der Waals surface area contributed by atoms with E-state index in [1.807, 2.05) is 60.7 Å². The first-order valence-electron chi connectivity index (χ1n) is 9.81. The first-order chi connectivity index (χ1) is 15.1. The molecule has 0 spiro atoms. The molecule has 31 heavy (non-hydrogen) atoms. The van der Waals surface area contributed by atoms with Crippen LogP contribution in [0.25, 0.3) is 0 Å². The molecule has 3 aromatic carbocycles. The van der Waals surface area contributed by atoms with Gasteiger partial charge in [-0.15, -0.1) is 0 Å². The van der Waals surface area contributed by atoms with Crippen molar-refractivity contribution in [3.05, 3.63) is 93.5 Å². The van der Waals surface area contributed by atoms with Gasteiger partial charge in [-0.2, -0.15) is 0 Å². The molecule has 4 rings (SSSR count). The normalized spacial score (nSPS) is 17.7. The number of hydrogen-bond donors (Lipinski definition) is 1. The van der Waals surface area contributed by atoms with Crippen LogP contribution in [0.5, 0.6) is 11.5 Å². The summed E-state index contributed by atoms with van der Waals surface area (Å²) in [6, 6.07) is 20.5. The number of methoxy groups -OCH3 is 1. The van der Waals surface area contributed by atoms with Crippen LogP contribution < -0.4 is 14.8 Å². The number of nitrogens with zero attached hydrogens (tertiary/aromatic N) is 1. The molecule has 0 saturated heterocycles. The van der Waals surface area contributed by atoms with Crippen molar-refractivity contribution in [1.29, 1.82) is 0 Å². The monoisotopic (exact) mass is 458 g/mol. The van der Waals surface area contributed by atoms with Gasteiger partial charge in [0.05, 0.1) is 18.7 Å². The van der Waals surface area contributed by atoms with Gasteiger partial charge < -0.3 is 14.8 Å². The van der Waals surface area contributed by atoms with E-state index in [0.717, 1.165) is 16.7 Å². The smallest absolute Gasteiger partial charge is 0.134 e. The number of hydrogen-bond acceptors (Lipinski definition) is 4. The van der Waals surface area contributed by atoms with E-state index in [1.165, 1.54) is 0 Å². The summed E-state index contributed by atoms with van der Waals surface area (Å²) in [6.07, 6.45) is 0. The van der Waals surface area contributed by atoms with Crippen molar-refractivity contribution in [2.45, 2.75) is 12.1 Å². The van der Waals surface area contributed by atoms with Crippen LogP contribution in [0, 0.1) is 0 Å². The third-order valence-corrected chi connectivity index (χ3v) is 5.60. The van der Waals surface area contributed by atoms with Crippen LogP contribution >= 0.6 is 23.2 Å². The Hall–Kier alpha value is -2.76. The number of benzene rings is 3. The maximum atomic E-state index is 12.8. The summed E-state index contributed by atoms with van der Waals surface area (Å²) in [7, 11) is 1.58. The zero-order valence-electron chi connectivity index (χ0n) is 16.8. The molecule has 2 atom stereocenters. The van der Waals surface area contributed by atoms with Gasteiger partial charge >= 0.3 is 0 Å². The fraction of sp³-hybridized carbons (Fsp3) is 0.208. The quantitative estimate of drug-likeness (QED) is 0.459. The molecule has 1 N–H and O–H groups in total. The molecule has 3 aromatic rings. The molecule has 1 heterocycles. The summed E-state index contributed by atoms with van der Waals surface area (Å²) in [5.74, 6) is 1.80. The molecule has 7 heteroatoms. The highest BCUT2D eigenvalue weighted by Gasteiger charge is 2.33. The Kier molecular flexibility index (Phi) is 6.64. The minimum absolute atomic E-state index is 0.0470. The van der Waals surface area contributed by atoms with Gasteiger partial charge in [0.1, 0.15) is 36.7 Å². The zero-order chi connectivity index (χ0) is 21.8. The highest BCUT2D eigenvalue weighted by Crippen LogP contribution is 2.39. The summed E-state index contributed by atoms with van der Waals surface area (Å²) >= 11 is 12.2. The van der Waals surface area contributed by atoms with Crippen LogP contribution in [-0.2, 0) is 0 Å². The maximum Gasteiger partial charge on any atom is 0.134 e. The topological polar surface area (TPSA) is 42.8 Å². The number of amidine groups is 1. The van der Waals surface area contributed by atoms with Gasteiger partial charge in [-0.25, -0.2) is 4.39 Å². The Balaban J connectivity index is 1.75. The minimum Gasteiger partial charge on any atom is -0.497 e. The van der Waals surface area contributed by atoms with E-state index in [2.05, 4.69) is 5.32 Å². The fourth-order valence-electron chi connectivity index (χ4n) is 3.58. The van der Waals surface area contributed by atoms with Crippen molar-refractivity contribution in [2.24, 2.45) is 4.99 Å². The SMILES string of the molecule is COc1ccc(C2=NC(c3ccc(Cl)cc3)C(c3ccc(Cl)cc3)N2)c(OCCF)c1. The Morgan fingerprint density at radius 2 is 1.58 bits per heavy atom. The maximum absolute atomic E-state index is 12.8. The highest BCUT2D eigenvalue weighted by molar-refractivity contribution is 6.30. The van der Waals surface area contributed by atoms with E-state index < -0.39 is 6.67 Å². The van der Waals surface area contributed by atoms with Crippen LogP contribution in [0.3, 0.4) is 0 Å². The third-order valence-electron chi connectivity index (χ3n) is 5.10. The molecule has 0 saturated carbocycles. The summed E-state index contributed by atoms with van der Waals surface area (Å²) in [6.45, 7) is -0.633. The Morgan fingerprint density at radius 1 is 0.935 bits per heavy atom. The number of halogens is 3. The molecular formula is C24H21Cl2FN2O2. The largest absolute Gasteiger partial charge is 0.497 e. The van der Waals surface area contributed by atoms with Crippen molar-refractivity contribution in [3.63, 3.8) is 0 Å². The number of rotatable bonds is 7. The van der Waals surface area contributed by atoms with E-state index in [0.29, 0.717) is 27.4 Å². The number of aliphatic imine (C=N–C) groups is 1. The minimum atomic E-state index is -0.586. The second-order valence-electron chi connectivity index (χ2n) is 7.05. The number of ether oxygens (including phenoxy) is 2. The molecule has 0 fully saturated rings. The lowest BCUT2D eigenvalue weighted by Gasteiger charge is -2.20. The highest BCUT2D eigenvalue weighted by atomic mass is 35.5. The van der Waals surface area contributed by atoms with Crippen LogP contribution in [0.1, 0.15) is 28.8 Å². The molecule has 0 radical (unpaired) electrons. The fourth-order valence-corrected chi connectivity index (χ4v) is 3.83. The summed E-state index contributed by atoms with van der Waals surface area (Å²) in [5.41, 5.74) is 2.80. The molecular weight excluding hydrogens is 438 g/mol. The molecule has 0 aromatic heterocycles. The predicted octanol–water partition coefficient (Wildman–Crippen LogP) is 6.18. The van der Waals surface area contributed by atoms with E-state index in [-0.39, 0.29) is 18.7 Å². The van der Waals surface area contributed by atoms with Crippen LogP contribution in [-0.4, -0.2) is 26.2 Å². The van der Waals surface area contributed by atoms with Gasteiger partial charge in [-0.3, -0.25) is 4.99 Å². The van der Waals surface area contributed by atoms with Gasteiger partial charge in [-0.05, 0) is 47.5 Å². The van der Waals surface area contributed by atoms with E-state index in [9.17, 15) is 4.39 Å². The first kappa shape index (κ1) is 21.5. The van der Waals surface area contributed by atoms with Crippen molar-refractivity contribution in [2.75, 3.05) is 20.4 Å². The summed E-state index contributed by atoms with van der Waals surface area (Å²) in [5, 5.41) is 4.86. The van der Waals surface area contributed by atoms with Crippen molar-refractivity contribution in [3.8, 4) is 11.5 Å². The van der Waals surface area contributed by atoms with Crippen LogP contribution in [0.15, 0.2) is 71.7 Å². The Morgan fingerprint density at radius 3 is 2.19 bits per heavy atom. The van der Waals surface area contributed by atoms with Crippen molar-refractivity contribution >= 4 is 29.0 Å². The first-order valence-corrected chi connectivity index (χ1v) is 10.6. The lowest BCUT2D eigenvalue weighted by Crippen LogP contribution is -2.25. The average Bonchev–Trinajstić information content (AvgIpc) is 3.23.